The Labute approximate surface area is 140 Å². The number of hydrogen-bond acceptors (Lipinski definition) is 4. The van der Waals surface area contributed by atoms with E-state index in [-0.39, 0.29) is 5.91 Å². The number of carbonyl (C=O) groups is 1. The summed E-state index contributed by atoms with van der Waals surface area (Å²) < 4.78 is 0. The zero-order valence-corrected chi connectivity index (χ0v) is 13.6. The van der Waals surface area contributed by atoms with E-state index in [9.17, 15) is 4.79 Å². The lowest BCUT2D eigenvalue weighted by Gasteiger charge is -2.10. The predicted molar refractivity (Wildman–Crippen MR) is 94.8 cm³/mol. The Balaban J connectivity index is 1.51. The van der Waals surface area contributed by atoms with Gasteiger partial charge in [-0.2, -0.15) is 0 Å². The standard InChI is InChI=1S/C18H19N3OS/c22-17(21-20-12-14-6-2-1-3-7-14)13-23-16-10-4-8-15-9-5-11-19-18(15)16/h1-2,4-5,8-12,20H,3,6-7,13H2,(H,21,22). The van der Waals surface area contributed by atoms with E-state index in [1.165, 1.54) is 17.3 Å². The van der Waals surface area contributed by atoms with Crippen LogP contribution in [0.4, 0.5) is 0 Å². The molecule has 0 unspecified atom stereocenters. The van der Waals surface area contributed by atoms with Gasteiger partial charge in [0.15, 0.2) is 0 Å². The summed E-state index contributed by atoms with van der Waals surface area (Å²) in [6.07, 6.45) is 11.1. The first-order valence-corrected chi connectivity index (χ1v) is 8.65. The first-order chi connectivity index (χ1) is 11.3. The van der Waals surface area contributed by atoms with Crippen LogP contribution in [0.3, 0.4) is 0 Å². The Kier molecular flexibility index (Phi) is 5.32. The minimum Gasteiger partial charge on any atom is -0.306 e. The average molecular weight is 325 g/mol. The molecule has 0 saturated heterocycles. The van der Waals surface area contributed by atoms with Crippen molar-refractivity contribution in [3.05, 3.63) is 60.5 Å². The van der Waals surface area contributed by atoms with Crippen molar-refractivity contribution in [1.29, 1.82) is 0 Å². The van der Waals surface area contributed by atoms with Crippen LogP contribution in [-0.2, 0) is 4.79 Å². The lowest BCUT2D eigenvalue weighted by molar-refractivity contribution is -0.119. The van der Waals surface area contributed by atoms with Crippen LogP contribution in [0.1, 0.15) is 19.3 Å². The maximum Gasteiger partial charge on any atom is 0.248 e. The van der Waals surface area contributed by atoms with E-state index >= 15 is 0 Å². The van der Waals surface area contributed by atoms with Crippen molar-refractivity contribution in [1.82, 2.24) is 15.8 Å². The third-order valence-corrected chi connectivity index (χ3v) is 4.67. The summed E-state index contributed by atoms with van der Waals surface area (Å²) in [6, 6.07) is 9.96. The molecule has 0 radical (unpaired) electrons. The zero-order chi connectivity index (χ0) is 15.9. The van der Waals surface area contributed by atoms with Gasteiger partial charge in [-0.3, -0.25) is 15.2 Å². The van der Waals surface area contributed by atoms with Crippen molar-refractivity contribution in [2.75, 3.05) is 5.75 Å². The summed E-state index contributed by atoms with van der Waals surface area (Å²) in [6.45, 7) is 0. The van der Waals surface area contributed by atoms with Gasteiger partial charge in [0.2, 0.25) is 5.91 Å². The van der Waals surface area contributed by atoms with Crippen LogP contribution in [0.2, 0.25) is 0 Å². The zero-order valence-electron chi connectivity index (χ0n) is 12.8. The number of nitrogens with zero attached hydrogens (tertiary/aromatic N) is 1. The molecule has 2 N–H and O–H groups in total. The SMILES string of the molecule is O=C(CSc1cccc2cccnc12)NNC=C1CC=CCC1. The normalized spacial score (nSPS) is 15.7. The fourth-order valence-corrected chi connectivity index (χ4v) is 3.29. The van der Waals surface area contributed by atoms with Gasteiger partial charge in [0.05, 0.1) is 11.3 Å². The van der Waals surface area contributed by atoms with E-state index in [0.717, 1.165) is 35.1 Å². The molecule has 0 spiro atoms. The number of pyridine rings is 1. The minimum absolute atomic E-state index is 0.0499. The lowest BCUT2D eigenvalue weighted by atomic mass is 10.0. The highest BCUT2D eigenvalue weighted by Crippen LogP contribution is 2.25. The van der Waals surface area contributed by atoms with E-state index in [1.807, 2.05) is 36.5 Å². The van der Waals surface area contributed by atoms with Crippen molar-refractivity contribution < 1.29 is 4.79 Å². The smallest absolute Gasteiger partial charge is 0.248 e. The van der Waals surface area contributed by atoms with Crippen molar-refractivity contribution >= 4 is 28.6 Å². The summed E-state index contributed by atoms with van der Waals surface area (Å²) in [5.74, 6) is 0.303. The summed E-state index contributed by atoms with van der Waals surface area (Å²) in [7, 11) is 0. The number of nitrogens with one attached hydrogen (secondary N) is 2. The van der Waals surface area contributed by atoms with Gasteiger partial charge in [0.1, 0.15) is 0 Å². The fraction of sp³-hybridized carbons (Fsp3) is 0.222. The van der Waals surface area contributed by atoms with Gasteiger partial charge in [0.25, 0.3) is 0 Å². The van der Waals surface area contributed by atoms with Gasteiger partial charge < -0.3 is 5.43 Å². The van der Waals surface area contributed by atoms with E-state index in [1.54, 1.807) is 6.20 Å². The summed E-state index contributed by atoms with van der Waals surface area (Å²) in [5.41, 5.74) is 7.87. The number of fused-ring (bicyclic) bond motifs is 1. The Morgan fingerprint density at radius 1 is 1.26 bits per heavy atom. The maximum atomic E-state index is 11.9. The summed E-state index contributed by atoms with van der Waals surface area (Å²) in [5, 5.41) is 1.09. The number of thioether (sulfide) groups is 1. The minimum atomic E-state index is -0.0499. The quantitative estimate of drug-likeness (QED) is 0.501. The van der Waals surface area contributed by atoms with E-state index in [2.05, 4.69) is 28.0 Å². The molecular weight excluding hydrogens is 306 g/mol. The van der Waals surface area contributed by atoms with Gasteiger partial charge >= 0.3 is 0 Å². The number of aromatic nitrogens is 1. The van der Waals surface area contributed by atoms with Crippen molar-refractivity contribution in [3.8, 4) is 0 Å². The molecule has 5 heteroatoms. The Morgan fingerprint density at radius 2 is 2.17 bits per heavy atom. The van der Waals surface area contributed by atoms with E-state index in [4.69, 9.17) is 0 Å². The molecule has 1 heterocycles. The monoisotopic (exact) mass is 325 g/mol. The van der Waals surface area contributed by atoms with E-state index in [0.29, 0.717) is 5.75 Å². The molecule has 4 nitrogen and oxygen atoms in total. The van der Waals surface area contributed by atoms with Crippen molar-refractivity contribution in [3.63, 3.8) is 0 Å². The van der Waals surface area contributed by atoms with Crippen LogP contribution in [-0.4, -0.2) is 16.6 Å². The van der Waals surface area contributed by atoms with Gasteiger partial charge in [0, 0.05) is 22.7 Å². The van der Waals surface area contributed by atoms with Crippen molar-refractivity contribution in [2.24, 2.45) is 0 Å². The third-order valence-electron chi connectivity index (χ3n) is 3.62. The second-order valence-corrected chi connectivity index (χ2v) is 6.35. The number of rotatable bonds is 5. The van der Waals surface area contributed by atoms with Crippen LogP contribution in [0.15, 0.2) is 65.3 Å². The van der Waals surface area contributed by atoms with Crippen molar-refractivity contribution in [2.45, 2.75) is 24.2 Å². The molecule has 1 aliphatic rings. The largest absolute Gasteiger partial charge is 0.306 e. The number of benzene rings is 1. The van der Waals surface area contributed by atoms with Gasteiger partial charge in [-0.25, -0.2) is 0 Å². The molecule has 0 aliphatic heterocycles. The highest BCUT2D eigenvalue weighted by molar-refractivity contribution is 8.00. The van der Waals surface area contributed by atoms with Gasteiger partial charge in [-0.1, -0.05) is 30.4 Å². The lowest BCUT2D eigenvalue weighted by Crippen LogP contribution is -2.35. The first-order valence-electron chi connectivity index (χ1n) is 7.67. The molecule has 1 amide bonds. The molecular formula is C18H19N3OS. The second kappa shape index (κ2) is 7.83. The first kappa shape index (κ1) is 15.6. The molecule has 0 fully saturated rings. The summed E-state index contributed by atoms with van der Waals surface area (Å²) in [4.78, 5) is 17.4. The van der Waals surface area contributed by atoms with Crippen LogP contribution < -0.4 is 10.9 Å². The Morgan fingerprint density at radius 3 is 3.04 bits per heavy atom. The second-order valence-electron chi connectivity index (χ2n) is 5.33. The van der Waals surface area contributed by atoms with Crippen LogP contribution in [0, 0.1) is 0 Å². The molecule has 0 saturated carbocycles. The molecule has 0 bridgehead atoms. The van der Waals surface area contributed by atoms with Gasteiger partial charge in [-0.15, -0.1) is 11.8 Å². The number of amides is 1. The van der Waals surface area contributed by atoms with Crippen LogP contribution >= 0.6 is 11.8 Å². The van der Waals surface area contributed by atoms with E-state index < -0.39 is 0 Å². The number of carbonyl (C=O) groups excluding carboxylic acids is 1. The molecule has 1 aromatic heterocycles. The molecule has 2 aromatic rings. The molecule has 23 heavy (non-hydrogen) atoms. The average Bonchev–Trinajstić information content (AvgIpc) is 2.61. The Hall–Kier alpha value is -2.27. The third kappa shape index (κ3) is 4.36. The molecule has 1 aliphatic carbocycles. The van der Waals surface area contributed by atoms with Crippen LogP contribution in [0.5, 0.6) is 0 Å². The topological polar surface area (TPSA) is 54.0 Å². The number of allylic oxidation sites excluding steroid dienone is 3. The maximum absolute atomic E-state index is 11.9. The highest BCUT2D eigenvalue weighted by Gasteiger charge is 2.06. The van der Waals surface area contributed by atoms with Crippen LogP contribution in [0.25, 0.3) is 10.9 Å². The highest BCUT2D eigenvalue weighted by atomic mass is 32.2. The van der Waals surface area contributed by atoms with Gasteiger partial charge in [-0.05, 0) is 37.0 Å². The molecule has 0 atom stereocenters. The fourth-order valence-electron chi connectivity index (χ4n) is 2.45. The predicted octanol–water partition coefficient (Wildman–Crippen LogP) is 3.57. The number of para-hydroxylation sites is 1. The number of hydrazine groups is 1. The summed E-state index contributed by atoms with van der Waals surface area (Å²) >= 11 is 1.50. The molecule has 118 valence electrons. The molecule has 1 aromatic carbocycles. The Bertz CT molecular complexity index is 750. The molecule has 3 rings (SSSR count). The number of hydrogen-bond donors (Lipinski definition) is 2.